The van der Waals surface area contributed by atoms with Gasteiger partial charge in [0, 0.05) is 27.9 Å². The van der Waals surface area contributed by atoms with Gasteiger partial charge in [-0.3, -0.25) is 9.59 Å². The van der Waals surface area contributed by atoms with Crippen LogP contribution in [0.25, 0.3) is 0 Å². The number of anilines is 1. The SMILES string of the molecule is CCOC(=O)[C@@H]1CS[C@@H](CC(=O)Nc2cc(Cl)cc(Cl)c2)C(=O)N1. The number of esters is 1. The zero-order valence-corrected chi connectivity index (χ0v) is 15.1. The Morgan fingerprint density at radius 3 is 2.58 bits per heavy atom. The molecule has 0 saturated carbocycles. The predicted molar refractivity (Wildman–Crippen MR) is 94.5 cm³/mol. The van der Waals surface area contributed by atoms with Crippen molar-refractivity contribution >= 4 is 58.4 Å². The molecule has 9 heteroatoms. The van der Waals surface area contributed by atoms with Gasteiger partial charge in [0.05, 0.1) is 11.9 Å². The number of ether oxygens (including phenoxy) is 1. The van der Waals surface area contributed by atoms with E-state index in [9.17, 15) is 14.4 Å². The van der Waals surface area contributed by atoms with Crippen molar-refractivity contribution in [2.45, 2.75) is 24.6 Å². The molecule has 1 fully saturated rings. The molecule has 2 rings (SSSR count). The molecule has 1 aliphatic heterocycles. The van der Waals surface area contributed by atoms with Crippen molar-refractivity contribution in [3.8, 4) is 0 Å². The fraction of sp³-hybridized carbons (Fsp3) is 0.400. The molecule has 24 heavy (non-hydrogen) atoms. The van der Waals surface area contributed by atoms with Crippen LogP contribution in [0, 0.1) is 0 Å². The van der Waals surface area contributed by atoms with Crippen LogP contribution in [-0.4, -0.2) is 41.4 Å². The summed E-state index contributed by atoms with van der Waals surface area (Å²) in [4.78, 5) is 35.8. The molecule has 6 nitrogen and oxygen atoms in total. The Kier molecular flexibility index (Phi) is 6.77. The first-order valence-corrected chi connectivity index (χ1v) is 9.04. The minimum absolute atomic E-state index is 0.0177. The summed E-state index contributed by atoms with van der Waals surface area (Å²) >= 11 is 13.0. The summed E-state index contributed by atoms with van der Waals surface area (Å²) in [6, 6.07) is 4.01. The topological polar surface area (TPSA) is 84.5 Å². The van der Waals surface area contributed by atoms with Gasteiger partial charge in [-0.1, -0.05) is 23.2 Å². The summed E-state index contributed by atoms with van der Waals surface area (Å²) in [5, 5.41) is 5.48. The second-order valence-corrected chi connectivity index (χ2v) is 7.15. The molecule has 2 atom stereocenters. The van der Waals surface area contributed by atoms with Crippen LogP contribution in [0.3, 0.4) is 0 Å². The fourth-order valence-electron chi connectivity index (χ4n) is 2.12. The molecule has 0 bridgehead atoms. The second-order valence-electron chi connectivity index (χ2n) is 5.05. The third-order valence-electron chi connectivity index (χ3n) is 3.16. The number of hydrogen-bond donors (Lipinski definition) is 2. The van der Waals surface area contributed by atoms with Crippen molar-refractivity contribution in [1.29, 1.82) is 0 Å². The van der Waals surface area contributed by atoms with Gasteiger partial charge in [-0.05, 0) is 25.1 Å². The van der Waals surface area contributed by atoms with Gasteiger partial charge in [-0.25, -0.2) is 4.79 Å². The number of nitrogens with one attached hydrogen (secondary N) is 2. The van der Waals surface area contributed by atoms with Crippen molar-refractivity contribution in [2.75, 3.05) is 17.7 Å². The Labute approximate surface area is 153 Å². The maximum atomic E-state index is 12.1. The van der Waals surface area contributed by atoms with Crippen LogP contribution in [0.2, 0.25) is 10.0 Å². The lowest BCUT2D eigenvalue weighted by Crippen LogP contribution is -2.51. The molecule has 0 spiro atoms. The zero-order valence-electron chi connectivity index (χ0n) is 12.8. The highest BCUT2D eigenvalue weighted by Crippen LogP contribution is 2.25. The number of carbonyl (C=O) groups is 3. The monoisotopic (exact) mass is 390 g/mol. The largest absolute Gasteiger partial charge is 0.464 e. The molecule has 1 aliphatic rings. The maximum absolute atomic E-state index is 12.1. The van der Waals surface area contributed by atoms with Gasteiger partial charge < -0.3 is 15.4 Å². The van der Waals surface area contributed by atoms with Crippen LogP contribution in [-0.2, 0) is 19.1 Å². The Morgan fingerprint density at radius 2 is 2.00 bits per heavy atom. The van der Waals surface area contributed by atoms with Gasteiger partial charge in [0.15, 0.2) is 0 Å². The van der Waals surface area contributed by atoms with Crippen molar-refractivity contribution in [1.82, 2.24) is 5.32 Å². The summed E-state index contributed by atoms with van der Waals surface area (Å²) in [5.41, 5.74) is 0.461. The number of carbonyl (C=O) groups excluding carboxylic acids is 3. The molecular formula is C15H16Cl2N2O4S. The zero-order chi connectivity index (χ0) is 17.7. The van der Waals surface area contributed by atoms with Crippen LogP contribution in [0.4, 0.5) is 5.69 Å². The first-order valence-electron chi connectivity index (χ1n) is 7.23. The number of halogens is 2. The summed E-state index contributed by atoms with van der Waals surface area (Å²) in [5.74, 6) is -0.792. The van der Waals surface area contributed by atoms with E-state index in [1.165, 1.54) is 11.8 Å². The first kappa shape index (κ1) is 18.9. The van der Waals surface area contributed by atoms with E-state index in [4.69, 9.17) is 27.9 Å². The molecule has 130 valence electrons. The first-order chi connectivity index (χ1) is 11.4. The van der Waals surface area contributed by atoms with Crippen molar-refractivity contribution < 1.29 is 19.1 Å². The molecule has 0 aliphatic carbocycles. The highest BCUT2D eigenvalue weighted by atomic mass is 35.5. The molecule has 0 unspecified atom stereocenters. The Morgan fingerprint density at radius 1 is 1.33 bits per heavy atom. The molecule has 2 N–H and O–H groups in total. The van der Waals surface area contributed by atoms with E-state index in [0.717, 1.165) is 0 Å². The van der Waals surface area contributed by atoms with Crippen LogP contribution >= 0.6 is 35.0 Å². The van der Waals surface area contributed by atoms with E-state index in [0.29, 0.717) is 21.5 Å². The van der Waals surface area contributed by atoms with E-state index in [-0.39, 0.29) is 24.8 Å². The lowest BCUT2D eigenvalue weighted by atomic mass is 10.2. The molecule has 1 saturated heterocycles. The number of thioether (sulfide) groups is 1. The summed E-state index contributed by atoms with van der Waals surface area (Å²) < 4.78 is 4.88. The van der Waals surface area contributed by atoms with E-state index >= 15 is 0 Å². The van der Waals surface area contributed by atoms with Crippen LogP contribution in [0.5, 0.6) is 0 Å². The summed E-state index contributed by atoms with van der Waals surface area (Å²) in [7, 11) is 0. The fourth-order valence-corrected chi connectivity index (χ4v) is 3.78. The number of hydrogen-bond acceptors (Lipinski definition) is 5. The van der Waals surface area contributed by atoms with Crippen LogP contribution < -0.4 is 10.6 Å². The molecule has 1 heterocycles. The van der Waals surface area contributed by atoms with Gasteiger partial charge in [0.25, 0.3) is 0 Å². The van der Waals surface area contributed by atoms with Gasteiger partial charge in [-0.15, -0.1) is 11.8 Å². The average molecular weight is 391 g/mol. The van der Waals surface area contributed by atoms with E-state index in [2.05, 4.69) is 10.6 Å². The molecule has 2 amide bonds. The molecular weight excluding hydrogens is 375 g/mol. The third-order valence-corrected chi connectivity index (χ3v) is 4.91. The Bertz CT molecular complexity index is 636. The van der Waals surface area contributed by atoms with Crippen molar-refractivity contribution in [2.24, 2.45) is 0 Å². The average Bonchev–Trinajstić information content (AvgIpc) is 2.48. The Hall–Kier alpha value is -1.44. The second kappa shape index (κ2) is 8.60. The summed E-state index contributed by atoms with van der Waals surface area (Å²) in [6.07, 6.45) is -0.0177. The van der Waals surface area contributed by atoms with Crippen molar-refractivity contribution in [3.05, 3.63) is 28.2 Å². The van der Waals surface area contributed by atoms with E-state index < -0.39 is 17.3 Å². The van der Waals surface area contributed by atoms with Gasteiger partial charge in [0.1, 0.15) is 6.04 Å². The van der Waals surface area contributed by atoms with Crippen LogP contribution in [0.1, 0.15) is 13.3 Å². The minimum atomic E-state index is -0.673. The predicted octanol–water partition coefficient (Wildman–Crippen LogP) is 2.49. The highest BCUT2D eigenvalue weighted by molar-refractivity contribution is 8.00. The smallest absolute Gasteiger partial charge is 0.329 e. The number of amides is 2. The lowest BCUT2D eigenvalue weighted by Gasteiger charge is -2.27. The molecule has 1 aromatic rings. The van der Waals surface area contributed by atoms with E-state index in [1.54, 1.807) is 25.1 Å². The van der Waals surface area contributed by atoms with Crippen LogP contribution in [0.15, 0.2) is 18.2 Å². The maximum Gasteiger partial charge on any atom is 0.329 e. The quantitative estimate of drug-likeness (QED) is 0.754. The van der Waals surface area contributed by atoms with Crippen molar-refractivity contribution in [3.63, 3.8) is 0 Å². The van der Waals surface area contributed by atoms with Gasteiger partial charge in [0.2, 0.25) is 11.8 Å². The minimum Gasteiger partial charge on any atom is -0.464 e. The number of benzene rings is 1. The number of rotatable bonds is 5. The summed E-state index contributed by atoms with van der Waals surface area (Å²) in [6.45, 7) is 1.95. The molecule has 1 aromatic carbocycles. The standard InChI is InChI=1S/C15H16Cl2N2O4S/c1-2-23-15(22)11-7-24-12(14(21)19-11)6-13(20)18-10-4-8(16)3-9(17)5-10/h3-5,11-12H,2,6-7H2,1H3,(H,18,20)(H,19,21)/t11-,12-/m0/s1. The lowest BCUT2D eigenvalue weighted by molar-refractivity contribution is -0.146. The highest BCUT2D eigenvalue weighted by Gasteiger charge is 2.34. The Balaban J connectivity index is 1.88. The van der Waals surface area contributed by atoms with Gasteiger partial charge >= 0.3 is 5.97 Å². The molecule has 0 aromatic heterocycles. The third kappa shape index (κ3) is 5.29. The van der Waals surface area contributed by atoms with Gasteiger partial charge in [-0.2, -0.15) is 0 Å². The van der Waals surface area contributed by atoms with E-state index in [1.807, 2.05) is 0 Å². The molecule has 0 radical (unpaired) electrons. The normalized spacial score (nSPS) is 20.2.